The number of rotatable bonds is 6. The van der Waals surface area contributed by atoms with Crippen LogP contribution in [-0.2, 0) is 9.59 Å². The molecule has 6 heterocycles. The maximum absolute atomic E-state index is 11.3. The zero-order valence-corrected chi connectivity index (χ0v) is 28.2. The monoisotopic (exact) mass is 728 g/mol. The lowest BCUT2D eigenvalue weighted by Gasteiger charge is -2.04. The number of carboxylic acid groups (broad SMARTS) is 3. The Kier molecular flexibility index (Phi) is 13.7. The minimum atomic E-state index is -1.15. The van der Waals surface area contributed by atoms with Gasteiger partial charge in [0.05, 0.1) is 23.2 Å². The Morgan fingerprint density at radius 1 is 0.698 bits per heavy atom. The molecule has 6 rings (SSSR count). The molecule has 0 saturated carbocycles. The Bertz CT molecular complexity index is 2300. The summed E-state index contributed by atoms with van der Waals surface area (Å²) < 4.78 is 7.69. The summed E-state index contributed by atoms with van der Waals surface area (Å²) in [4.78, 5) is 79.9. The van der Waals surface area contributed by atoms with Gasteiger partial charge in [0.15, 0.2) is 5.75 Å². The van der Waals surface area contributed by atoms with Gasteiger partial charge in [0.25, 0.3) is 0 Å². The van der Waals surface area contributed by atoms with Crippen LogP contribution in [0.4, 0.5) is 11.6 Å². The average molecular weight is 729 g/mol. The van der Waals surface area contributed by atoms with Crippen molar-refractivity contribution in [2.24, 2.45) is 0 Å². The molecular weight excluding hydrogens is 696 g/mol. The third-order valence-corrected chi connectivity index (χ3v) is 6.52. The van der Waals surface area contributed by atoms with Gasteiger partial charge in [-0.1, -0.05) is 0 Å². The Morgan fingerprint density at radius 2 is 1.19 bits per heavy atom. The first-order valence-electron chi connectivity index (χ1n) is 15.0. The number of nitrogens with two attached hydrogens (primary N) is 1. The lowest BCUT2D eigenvalue weighted by molar-refractivity contribution is -0.135. The number of nitrogens with one attached hydrogen (secondary N) is 1. The third-order valence-electron chi connectivity index (χ3n) is 6.52. The lowest BCUT2D eigenvalue weighted by Crippen LogP contribution is -2.15. The van der Waals surface area contributed by atoms with Crippen molar-refractivity contribution in [1.29, 1.82) is 0 Å². The van der Waals surface area contributed by atoms with Gasteiger partial charge in [-0.15, -0.1) is 0 Å². The molecule has 0 aliphatic rings. The molecule has 6 aromatic rings. The summed E-state index contributed by atoms with van der Waals surface area (Å²) in [5.41, 5.74) is 6.21. The maximum Gasteiger partial charge on any atom is 0.339 e. The van der Waals surface area contributed by atoms with Gasteiger partial charge >= 0.3 is 23.9 Å². The van der Waals surface area contributed by atoms with Crippen molar-refractivity contribution in [2.45, 2.75) is 20.8 Å². The third kappa shape index (κ3) is 10.9. The molecule has 7 N–H and O–H groups in total. The summed E-state index contributed by atoms with van der Waals surface area (Å²) >= 11 is 0. The molecule has 0 aliphatic heterocycles. The van der Waals surface area contributed by atoms with Crippen LogP contribution in [0.2, 0.25) is 0 Å². The highest BCUT2D eigenvalue weighted by atomic mass is 16.5. The van der Waals surface area contributed by atoms with Gasteiger partial charge in [-0.25, -0.2) is 29.5 Å². The standard InChI is InChI=1S/C11H10N2O3.C9H8N2O2.C8H8N2O4.C6H6N2O2/c1-7(14)13-6-10(16-8(2)15)9-4-3-5-12-11(9)13;1-6(12)11-5-8(13)7-3-2-4-10-9(7)11;11-6(12)4-10-7-5(8(13)14)2-1-3-9-7;7-5-4(6(9)10)2-1-3-8-5/h3-6H,1-2H3;2-5,13H,1H3;1-3H,4H2,(H,9,10)(H,11,12)(H,13,14);1-3H,(H2,7,8)(H,9,10). The molecule has 53 heavy (non-hydrogen) atoms. The Hall–Kier alpha value is -7.70. The number of nitrogens with zero attached hydrogens (tertiary/aromatic N) is 6. The van der Waals surface area contributed by atoms with Crippen LogP contribution in [0, 0.1) is 0 Å². The highest BCUT2D eigenvalue weighted by Crippen LogP contribution is 2.26. The number of carboxylic acids is 3. The van der Waals surface area contributed by atoms with E-state index in [9.17, 15) is 33.9 Å². The molecular formula is C34H32N8O11. The van der Waals surface area contributed by atoms with Crippen molar-refractivity contribution >= 4 is 69.4 Å². The van der Waals surface area contributed by atoms with Crippen LogP contribution in [0.25, 0.3) is 22.1 Å². The lowest BCUT2D eigenvalue weighted by atomic mass is 10.2. The van der Waals surface area contributed by atoms with Gasteiger partial charge in [-0.05, 0) is 48.5 Å². The molecule has 0 atom stereocenters. The van der Waals surface area contributed by atoms with E-state index in [1.54, 1.807) is 36.7 Å². The van der Waals surface area contributed by atoms with E-state index in [1.165, 1.54) is 79.0 Å². The summed E-state index contributed by atoms with van der Waals surface area (Å²) in [6.45, 7) is 3.80. The predicted molar refractivity (Wildman–Crippen MR) is 188 cm³/mol. The fraction of sp³-hybridized carbons (Fsp3) is 0.118. The molecule has 0 amide bonds. The van der Waals surface area contributed by atoms with E-state index < -0.39 is 23.9 Å². The van der Waals surface area contributed by atoms with Gasteiger partial charge in [0, 0.05) is 45.6 Å². The first-order valence-corrected chi connectivity index (χ1v) is 15.0. The largest absolute Gasteiger partial charge is 0.506 e. The predicted octanol–water partition coefficient (Wildman–Crippen LogP) is 3.66. The van der Waals surface area contributed by atoms with Crippen LogP contribution in [0.3, 0.4) is 0 Å². The summed E-state index contributed by atoms with van der Waals surface area (Å²) in [5, 5.41) is 38.6. The minimum absolute atomic E-state index is 0.0440. The summed E-state index contributed by atoms with van der Waals surface area (Å²) in [6.07, 6.45) is 8.85. The molecule has 0 spiro atoms. The van der Waals surface area contributed by atoms with Gasteiger partial charge < -0.3 is 36.2 Å². The van der Waals surface area contributed by atoms with E-state index >= 15 is 0 Å². The van der Waals surface area contributed by atoms with E-state index in [4.69, 9.17) is 25.8 Å². The number of aromatic nitrogens is 6. The second kappa shape index (κ2) is 18.3. The van der Waals surface area contributed by atoms with Crippen molar-refractivity contribution in [3.8, 4) is 11.5 Å². The molecule has 0 unspecified atom stereocenters. The van der Waals surface area contributed by atoms with E-state index in [2.05, 4.69) is 25.3 Å². The van der Waals surface area contributed by atoms with Crippen LogP contribution < -0.4 is 15.8 Å². The van der Waals surface area contributed by atoms with Crippen molar-refractivity contribution in [1.82, 2.24) is 29.1 Å². The maximum atomic E-state index is 11.3. The number of hydrogen-bond donors (Lipinski definition) is 6. The number of carbonyl (C=O) groups excluding carboxylic acids is 3. The quantitative estimate of drug-likeness (QED) is 0.133. The molecule has 6 aromatic heterocycles. The second-order valence-electron chi connectivity index (χ2n) is 10.3. The second-order valence-corrected chi connectivity index (χ2v) is 10.3. The first kappa shape index (κ1) is 39.7. The number of aliphatic carboxylic acids is 1. The average Bonchev–Trinajstić information content (AvgIpc) is 3.66. The highest BCUT2D eigenvalue weighted by Gasteiger charge is 2.14. The van der Waals surface area contributed by atoms with Crippen LogP contribution in [0.15, 0.2) is 85.7 Å². The van der Waals surface area contributed by atoms with Gasteiger partial charge in [0.2, 0.25) is 11.8 Å². The van der Waals surface area contributed by atoms with Crippen molar-refractivity contribution in [3.63, 3.8) is 0 Å². The topological polar surface area (TPSA) is 292 Å². The van der Waals surface area contributed by atoms with Crippen LogP contribution in [0.5, 0.6) is 11.5 Å². The first-order chi connectivity index (χ1) is 25.1. The minimum Gasteiger partial charge on any atom is -0.506 e. The molecule has 19 heteroatoms. The van der Waals surface area contributed by atoms with Crippen LogP contribution in [-0.4, -0.2) is 91.7 Å². The van der Waals surface area contributed by atoms with Crippen LogP contribution >= 0.6 is 0 Å². The van der Waals surface area contributed by atoms with E-state index in [0.29, 0.717) is 27.8 Å². The van der Waals surface area contributed by atoms with Crippen LogP contribution in [0.1, 0.15) is 51.1 Å². The zero-order chi connectivity index (χ0) is 39.2. The summed E-state index contributed by atoms with van der Waals surface area (Å²) in [6, 6.07) is 12.7. The van der Waals surface area contributed by atoms with Gasteiger partial charge in [-0.2, -0.15) is 0 Å². The van der Waals surface area contributed by atoms with Crippen molar-refractivity contribution in [2.75, 3.05) is 17.6 Å². The number of hydrogen-bond acceptors (Lipinski definition) is 14. The number of esters is 1. The fourth-order valence-corrected chi connectivity index (χ4v) is 4.26. The van der Waals surface area contributed by atoms with Gasteiger partial charge in [0.1, 0.15) is 46.4 Å². The summed E-state index contributed by atoms with van der Waals surface area (Å²) in [7, 11) is 0. The van der Waals surface area contributed by atoms with E-state index in [0.717, 1.165) is 0 Å². The van der Waals surface area contributed by atoms with Crippen molar-refractivity contribution < 1.29 is 53.9 Å². The number of fused-ring (bicyclic) bond motifs is 2. The number of ether oxygens (including phenoxy) is 1. The van der Waals surface area contributed by atoms with E-state index in [1.807, 2.05) is 0 Å². The van der Waals surface area contributed by atoms with E-state index in [-0.39, 0.29) is 46.9 Å². The number of aromatic hydroxyl groups is 1. The molecule has 0 aliphatic carbocycles. The number of nitrogen functional groups attached to an aromatic ring is 1. The normalized spacial score (nSPS) is 9.94. The zero-order valence-electron chi connectivity index (χ0n) is 28.2. The Labute approximate surface area is 298 Å². The molecule has 19 nitrogen and oxygen atoms in total. The number of pyridine rings is 4. The van der Waals surface area contributed by atoms with Crippen molar-refractivity contribution in [3.05, 3.63) is 96.8 Å². The molecule has 274 valence electrons. The SMILES string of the molecule is CC(=O)Oc1cn(C(C)=O)c2ncccc12.CC(=O)n1cc(O)c2cccnc21.Nc1ncccc1C(=O)O.O=C(O)CNc1ncccc1C(=O)O. The molecule has 0 aromatic carbocycles. The smallest absolute Gasteiger partial charge is 0.339 e. The fourth-order valence-electron chi connectivity index (χ4n) is 4.26. The molecule has 0 bridgehead atoms. The number of aromatic carboxylic acids is 2. The highest BCUT2D eigenvalue weighted by molar-refractivity contribution is 5.95. The Morgan fingerprint density at radius 3 is 1.70 bits per heavy atom. The van der Waals surface area contributed by atoms with Gasteiger partial charge in [-0.3, -0.25) is 28.3 Å². The summed E-state index contributed by atoms with van der Waals surface area (Å²) in [5.74, 6) is -3.50. The molecule has 0 saturated heterocycles. The number of carbonyl (C=O) groups is 6. The Balaban J connectivity index is 0.000000193. The number of anilines is 2. The molecule has 0 radical (unpaired) electrons. The molecule has 0 fully saturated rings.